The second-order valence-corrected chi connectivity index (χ2v) is 9.67. The normalized spacial score (nSPS) is 15.0. The number of hydrogen-bond donors (Lipinski definition) is 1. The zero-order chi connectivity index (χ0) is 22.9. The van der Waals surface area contributed by atoms with Gasteiger partial charge < -0.3 is 9.73 Å². The zero-order valence-electron chi connectivity index (χ0n) is 17.5. The Morgan fingerprint density at radius 2 is 1.72 bits per heavy atom. The molecule has 3 aromatic rings. The van der Waals surface area contributed by atoms with Crippen LogP contribution in [0.2, 0.25) is 0 Å². The Bertz CT molecular complexity index is 1330. The third kappa shape index (κ3) is 4.37. The van der Waals surface area contributed by atoms with Gasteiger partial charge in [-0.1, -0.05) is 6.42 Å². The summed E-state index contributed by atoms with van der Waals surface area (Å²) in [5.74, 6) is -1.30. The molecule has 9 nitrogen and oxygen atoms in total. The van der Waals surface area contributed by atoms with Crippen LogP contribution in [0.1, 0.15) is 36.5 Å². The van der Waals surface area contributed by atoms with E-state index in [1.165, 1.54) is 29.4 Å². The van der Waals surface area contributed by atoms with E-state index >= 15 is 0 Å². The first-order valence-electron chi connectivity index (χ1n) is 10.3. The molecule has 0 bridgehead atoms. The highest BCUT2D eigenvalue weighted by atomic mass is 32.2. The Kier molecular flexibility index (Phi) is 5.98. The highest BCUT2D eigenvalue weighted by Gasteiger charge is 2.27. The molecule has 0 unspecified atom stereocenters. The number of nitrogens with one attached hydrogen (secondary N) is 1. The molecule has 4 rings (SSSR count). The van der Waals surface area contributed by atoms with Crippen molar-refractivity contribution in [2.45, 2.75) is 37.6 Å². The summed E-state index contributed by atoms with van der Waals surface area (Å²) in [4.78, 5) is 36.2. The van der Waals surface area contributed by atoms with Crippen LogP contribution in [0.25, 0.3) is 11.1 Å². The fraction of sp³-hybridized carbons (Fsp3) is 0.318. The van der Waals surface area contributed by atoms with Gasteiger partial charge in [-0.25, -0.2) is 13.2 Å². The van der Waals surface area contributed by atoms with Crippen molar-refractivity contribution < 1.29 is 22.4 Å². The molecule has 1 N–H and O–H groups in total. The summed E-state index contributed by atoms with van der Waals surface area (Å²) in [7, 11) is -3.67. The molecule has 0 saturated carbocycles. The van der Waals surface area contributed by atoms with Crippen molar-refractivity contribution in [3.63, 3.8) is 0 Å². The lowest BCUT2D eigenvalue weighted by Gasteiger charge is -2.25. The molecule has 1 aromatic heterocycles. The summed E-state index contributed by atoms with van der Waals surface area (Å²) in [6, 6.07) is 10.6. The van der Waals surface area contributed by atoms with E-state index in [1.54, 1.807) is 24.3 Å². The molecule has 0 atom stereocenters. The number of nitrogens with zero attached hydrogens (tertiary/aromatic N) is 2. The van der Waals surface area contributed by atoms with Crippen molar-refractivity contribution >= 4 is 38.5 Å². The summed E-state index contributed by atoms with van der Waals surface area (Å²) in [6.45, 7) is 2.09. The van der Waals surface area contributed by atoms with E-state index in [0.717, 1.165) is 23.8 Å². The third-order valence-electron chi connectivity index (χ3n) is 5.47. The Morgan fingerprint density at radius 3 is 2.38 bits per heavy atom. The number of carbonyl (C=O) groups excluding carboxylic acids is 2. The maximum atomic E-state index is 12.9. The van der Waals surface area contributed by atoms with Crippen molar-refractivity contribution in [2.24, 2.45) is 0 Å². The molecule has 32 heavy (non-hydrogen) atoms. The molecule has 1 aliphatic rings. The summed E-state index contributed by atoms with van der Waals surface area (Å²) < 4.78 is 33.6. The first kappa shape index (κ1) is 22.0. The van der Waals surface area contributed by atoms with Gasteiger partial charge in [-0.2, -0.15) is 4.31 Å². The number of Topliss-reactive ketones (excluding diaryl/α,β-unsaturated/α-hetero) is 1. The molecule has 0 aliphatic carbocycles. The minimum Gasteiger partial charge on any atom is -0.408 e. The topological polar surface area (TPSA) is 119 Å². The van der Waals surface area contributed by atoms with Crippen LogP contribution in [0, 0.1) is 0 Å². The van der Waals surface area contributed by atoms with Gasteiger partial charge in [0.05, 0.1) is 10.4 Å². The van der Waals surface area contributed by atoms with Gasteiger partial charge >= 0.3 is 5.76 Å². The maximum Gasteiger partial charge on any atom is 0.420 e. The van der Waals surface area contributed by atoms with Gasteiger partial charge in [0, 0.05) is 30.4 Å². The van der Waals surface area contributed by atoms with Gasteiger partial charge in [-0.15, -0.1) is 0 Å². The number of oxazole rings is 1. The second-order valence-electron chi connectivity index (χ2n) is 7.73. The van der Waals surface area contributed by atoms with Crippen LogP contribution in [0.5, 0.6) is 0 Å². The Labute approximate surface area is 184 Å². The lowest BCUT2D eigenvalue weighted by Crippen LogP contribution is -2.35. The van der Waals surface area contributed by atoms with E-state index in [9.17, 15) is 22.8 Å². The molecule has 1 fully saturated rings. The van der Waals surface area contributed by atoms with Crippen LogP contribution in [0.4, 0.5) is 5.69 Å². The summed E-state index contributed by atoms with van der Waals surface area (Å²) in [5, 5.41) is 2.66. The van der Waals surface area contributed by atoms with E-state index in [1.807, 2.05) is 0 Å². The van der Waals surface area contributed by atoms with Crippen LogP contribution in [0.3, 0.4) is 0 Å². The van der Waals surface area contributed by atoms with Crippen LogP contribution in [-0.2, 0) is 21.4 Å². The number of ketones is 1. The van der Waals surface area contributed by atoms with Crippen molar-refractivity contribution in [3.05, 3.63) is 58.6 Å². The molecule has 1 aliphatic heterocycles. The fourth-order valence-electron chi connectivity index (χ4n) is 3.74. The first-order valence-corrected chi connectivity index (χ1v) is 11.7. The minimum absolute atomic E-state index is 0.0582. The van der Waals surface area contributed by atoms with E-state index in [0.29, 0.717) is 29.9 Å². The smallest absolute Gasteiger partial charge is 0.408 e. The van der Waals surface area contributed by atoms with E-state index in [2.05, 4.69) is 5.32 Å². The lowest BCUT2D eigenvalue weighted by molar-refractivity contribution is -0.116. The first-order chi connectivity index (χ1) is 15.3. The summed E-state index contributed by atoms with van der Waals surface area (Å²) in [6.07, 6.45) is 2.64. The minimum atomic E-state index is -3.67. The Morgan fingerprint density at radius 1 is 1.03 bits per heavy atom. The molecule has 0 radical (unpaired) electrons. The lowest BCUT2D eigenvalue weighted by atomic mass is 10.1. The molecule has 10 heteroatoms. The van der Waals surface area contributed by atoms with Gasteiger partial charge in [0.2, 0.25) is 15.9 Å². The number of amides is 1. The van der Waals surface area contributed by atoms with Gasteiger partial charge in [0.1, 0.15) is 6.54 Å². The van der Waals surface area contributed by atoms with Crippen molar-refractivity contribution in [1.82, 2.24) is 8.87 Å². The van der Waals surface area contributed by atoms with E-state index < -0.39 is 21.7 Å². The number of hydrogen-bond acceptors (Lipinski definition) is 6. The van der Waals surface area contributed by atoms with Crippen molar-refractivity contribution in [3.8, 4) is 0 Å². The largest absolute Gasteiger partial charge is 0.420 e. The molecule has 0 spiro atoms. The summed E-state index contributed by atoms with van der Waals surface area (Å²) in [5.41, 5.74) is 1.44. The Balaban J connectivity index is 1.54. The number of fused-ring (bicyclic) bond motifs is 1. The number of piperidine rings is 1. The van der Waals surface area contributed by atoms with Crippen molar-refractivity contribution in [1.29, 1.82) is 0 Å². The van der Waals surface area contributed by atoms with E-state index in [-0.39, 0.29) is 22.8 Å². The standard InChI is InChI=1S/C22H23N3O6S/c1-15(26)16-5-7-17(8-6-16)23-21(27)14-25-19-10-9-18(13-20(19)31-22(25)28)32(29,30)24-11-3-2-4-12-24/h5-10,13H,2-4,11-12,14H2,1H3,(H,23,27). The predicted molar refractivity (Wildman–Crippen MR) is 118 cm³/mol. The average Bonchev–Trinajstić information content (AvgIpc) is 3.09. The highest BCUT2D eigenvalue weighted by molar-refractivity contribution is 7.89. The maximum absolute atomic E-state index is 12.9. The van der Waals surface area contributed by atoms with Crippen LogP contribution in [-0.4, -0.2) is 42.1 Å². The number of aromatic nitrogens is 1. The summed E-state index contributed by atoms with van der Waals surface area (Å²) >= 11 is 0. The Hall–Kier alpha value is -3.24. The monoisotopic (exact) mass is 457 g/mol. The quantitative estimate of drug-likeness (QED) is 0.569. The molecule has 1 saturated heterocycles. The molecule has 1 amide bonds. The van der Waals surface area contributed by atoms with Gasteiger partial charge in [-0.3, -0.25) is 14.2 Å². The number of benzene rings is 2. The zero-order valence-corrected chi connectivity index (χ0v) is 18.4. The molecular weight excluding hydrogens is 434 g/mol. The third-order valence-corrected chi connectivity index (χ3v) is 7.36. The van der Waals surface area contributed by atoms with Crippen LogP contribution in [0.15, 0.2) is 56.6 Å². The SMILES string of the molecule is CC(=O)c1ccc(NC(=O)Cn2c(=O)oc3cc(S(=O)(=O)N4CCCCC4)ccc32)cc1. The van der Waals surface area contributed by atoms with Crippen LogP contribution >= 0.6 is 0 Å². The van der Waals surface area contributed by atoms with Crippen molar-refractivity contribution in [2.75, 3.05) is 18.4 Å². The van der Waals surface area contributed by atoms with E-state index in [4.69, 9.17) is 4.42 Å². The molecular formula is C22H23N3O6S. The van der Waals surface area contributed by atoms with Crippen LogP contribution < -0.4 is 11.1 Å². The van der Waals surface area contributed by atoms with Gasteiger partial charge in [0.25, 0.3) is 0 Å². The number of rotatable bonds is 6. The fourth-order valence-corrected chi connectivity index (χ4v) is 5.28. The molecule has 2 aromatic carbocycles. The number of anilines is 1. The van der Waals surface area contributed by atoms with Gasteiger partial charge in [0.15, 0.2) is 11.4 Å². The second kappa shape index (κ2) is 8.71. The highest BCUT2D eigenvalue weighted by Crippen LogP contribution is 2.24. The molecule has 2 heterocycles. The van der Waals surface area contributed by atoms with Gasteiger partial charge in [-0.05, 0) is 56.2 Å². The number of carbonyl (C=O) groups is 2. The predicted octanol–water partition coefficient (Wildman–Crippen LogP) is 2.61. The molecule has 168 valence electrons. The average molecular weight is 458 g/mol. The number of sulfonamides is 1.